The topological polar surface area (TPSA) is 61.8 Å². The predicted octanol–water partition coefficient (Wildman–Crippen LogP) is 4.61. The molecule has 0 spiro atoms. The van der Waals surface area contributed by atoms with Crippen molar-refractivity contribution in [1.29, 1.82) is 0 Å². The molecule has 0 atom stereocenters. The standard InChI is InChI=1S/C25H24FN3O2S/c26-19-10-12-20(13-11-19)29-24(31)21(14-16-4-2-1-3-5-16)27-25(29)32-15-22(30)28-23(17-6-7-17)18-8-9-18/h1-5,10-14,17-18,23H,6-9,15H2,(H,28,30)/b21-14+. The SMILES string of the molecule is O=C(CSC1=N/C(=C/c2ccccc2)C(=O)N1c1ccc(F)cc1)NC(C1CC1)C1CC1. The number of halogens is 1. The van der Waals surface area contributed by atoms with Crippen LogP contribution in [0.15, 0.2) is 65.3 Å². The molecular formula is C25H24FN3O2S. The second-order valence-corrected chi connectivity index (χ2v) is 9.45. The Morgan fingerprint density at radius 3 is 2.38 bits per heavy atom. The number of amides is 2. The molecule has 2 fully saturated rings. The van der Waals surface area contributed by atoms with Crippen LogP contribution < -0.4 is 10.2 Å². The fraction of sp³-hybridized carbons (Fsp3) is 0.320. The zero-order valence-corrected chi connectivity index (χ0v) is 18.4. The third-order valence-electron chi connectivity index (χ3n) is 5.94. The van der Waals surface area contributed by atoms with Gasteiger partial charge in [0.1, 0.15) is 11.5 Å². The van der Waals surface area contributed by atoms with E-state index >= 15 is 0 Å². The van der Waals surface area contributed by atoms with Gasteiger partial charge in [-0.25, -0.2) is 9.38 Å². The number of nitrogens with one attached hydrogen (secondary N) is 1. The maximum Gasteiger partial charge on any atom is 0.283 e. The van der Waals surface area contributed by atoms with Crippen molar-refractivity contribution in [2.45, 2.75) is 31.7 Å². The minimum Gasteiger partial charge on any atom is -0.352 e. The molecule has 0 unspecified atom stereocenters. The number of amidine groups is 1. The maximum atomic E-state index is 13.4. The molecular weight excluding hydrogens is 425 g/mol. The third-order valence-corrected chi connectivity index (χ3v) is 6.88. The second kappa shape index (κ2) is 8.90. The van der Waals surface area contributed by atoms with Gasteiger partial charge >= 0.3 is 0 Å². The smallest absolute Gasteiger partial charge is 0.283 e. The zero-order valence-electron chi connectivity index (χ0n) is 17.5. The first-order chi connectivity index (χ1) is 15.6. The molecule has 1 heterocycles. The zero-order chi connectivity index (χ0) is 22.1. The normalized spacial score (nSPS) is 19.6. The lowest BCUT2D eigenvalue weighted by molar-refractivity contribution is -0.119. The highest BCUT2D eigenvalue weighted by atomic mass is 32.2. The first-order valence-electron chi connectivity index (χ1n) is 11.0. The van der Waals surface area contributed by atoms with Gasteiger partial charge in [-0.05, 0) is 73.4 Å². The Balaban J connectivity index is 1.34. The van der Waals surface area contributed by atoms with Crippen LogP contribution in [0.25, 0.3) is 6.08 Å². The van der Waals surface area contributed by atoms with Crippen LogP contribution >= 0.6 is 11.8 Å². The molecule has 1 aliphatic heterocycles. The molecule has 2 aliphatic carbocycles. The first kappa shape index (κ1) is 20.9. The molecule has 2 saturated carbocycles. The van der Waals surface area contributed by atoms with Crippen molar-refractivity contribution in [2.24, 2.45) is 16.8 Å². The van der Waals surface area contributed by atoms with E-state index in [0.29, 0.717) is 22.7 Å². The van der Waals surface area contributed by atoms with Gasteiger partial charge in [0.2, 0.25) is 5.91 Å². The molecule has 2 amide bonds. The summed E-state index contributed by atoms with van der Waals surface area (Å²) in [6.45, 7) is 0. The summed E-state index contributed by atoms with van der Waals surface area (Å²) in [5.41, 5.74) is 1.67. The van der Waals surface area contributed by atoms with Crippen LogP contribution in [0.4, 0.5) is 10.1 Å². The highest BCUT2D eigenvalue weighted by molar-refractivity contribution is 8.14. The van der Waals surface area contributed by atoms with Gasteiger partial charge in [-0.3, -0.25) is 14.5 Å². The van der Waals surface area contributed by atoms with Crippen molar-refractivity contribution in [3.63, 3.8) is 0 Å². The number of hydrogen-bond donors (Lipinski definition) is 1. The Bertz CT molecular complexity index is 1060. The van der Waals surface area contributed by atoms with Crippen molar-refractivity contribution in [1.82, 2.24) is 5.32 Å². The number of carbonyl (C=O) groups excluding carboxylic acids is 2. The molecule has 0 bridgehead atoms. The quantitative estimate of drug-likeness (QED) is 0.628. The highest BCUT2D eigenvalue weighted by Crippen LogP contribution is 2.44. The summed E-state index contributed by atoms with van der Waals surface area (Å²) in [6, 6.07) is 15.5. The van der Waals surface area contributed by atoms with Crippen molar-refractivity contribution < 1.29 is 14.0 Å². The van der Waals surface area contributed by atoms with Crippen LogP contribution in [0.3, 0.4) is 0 Å². The summed E-state index contributed by atoms with van der Waals surface area (Å²) in [6.07, 6.45) is 6.51. The van der Waals surface area contributed by atoms with Crippen LogP contribution in [0.5, 0.6) is 0 Å². The van der Waals surface area contributed by atoms with Crippen molar-refractivity contribution in [3.8, 4) is 0 Å². The van der Waals surface area contributed by atoms with E-state index in [2.05, 4.69) is 10.3 Å². The first-order valence-corrected chi connectivity index (χ1v) is 11.9. The fourth-order valence-electron chi connectivity index (χ4n) is 4.01. The summed E-state index contributed by atoms with van der Waals surface area (Å²) in [5.74, 6) is 0.719. The molecule has 5 nitrogen and oxygen atoms in total. The van der Waals surface area contributed by atoms with Crippen LogP contribution in [-0.4, -0.2) is 28.8 Å². The largest absolute Gasteiger partial charge is 0.352 e. The Kier molecular flexibility index (Phi) is 5.83. The number of benzene rings is 2. The molecule has 0 radical (unpaired) electrons. The molecule has 0 aromatic heterocycles. The molecule has 2 aromatic carbocycles. The highest BCUT2D eigenvalue weighted by Gasteiger charge is 2.42. The summed E-state index contributed by atoms with van der Waals surface area (Å²) in [7, 11) is 0. The van der Waals surface area contributed by atoms with E-state index < -0.39 is 0 Å². The van der Waals surface area contributed by atoms with Crippen molar-refractivity contribution >= 4 is 40.5 Å². The number of hydrogen-bond acceptors (Lipinski definition) is 4. The molecule has 32 heavy (non-hydrogen) atoms. The number of carbonyl (C=O) groups is 2. The lowest BCUT2D eigenvalue weighted by Gasteiger charge is -2.19. The molecule has 5 rings (SSSR count). The van der Waals surface area contributed by atoms with E-state index in [4.69, 9.17) is 0 Å². The molecule has 7 heteroatoms. The Labute approximate surface area is 190 Å². The number of anilines is 1. The fourth-order valence-corrected chi connectivity index (χ4v) is 4.83. The van der Waals surface area contributed by atoms with Crippen LogP contribution in [0, 0.1) is 17.7 Å². The van der Waals surface area contributed by atoms with Gasteiger partial charge in [0.25, 0.3) is 5.91 Å². The van der Waals surface area contributed by atoms with Gasteiger partial charge in [0.05, 0.1) is 11.4 Å². The molecule has 1 N–H and O–H groups in total. The Hall–Kier alpha value is -2.93. The van der Waals surface area contributed by atoms with Gasteiger partial charge in [-0.2, -0.15) is 0 Å². The van der Waals surface area contributed by atoms with Crippen molar-refractivity contribution in [3.05, 3.63) is 71.7 Å². The monoisotopic (exact) mass is 449 g/mol. The number of aliphatic imine (C=N–C) groups is 1. The second-order valence-electron chi connectivity index (χ2n) is 8.51. The van der Waals surface area contributed by atoms with E-state index in [9.17, 15) is 14.0 Å². The summed E-state index contributed by atoms with van der Waals surface area (Å²) in [4.78, 5) is 31.8. The third kappa shape index (κ3) is 4.78. The van der Waals surface area contributed by atoms with Crippen LogP contribution in [0.1, 0.15) is 31.2 Å². The number of nitrogens with zero attached hydrogens (tertiary/aromatic N) is 2. The molecule has 3 aliphatic rings. The number of thioether (sulfide) groups is 1. The van der Waals surface area contributed by atoms with Gasteiger partial charge in [0, 0.05) is 6.04 Å². The van der Waals surface area contributed by atoms with Gasteiger partial charge in [0.15, 0.2) is 5.17 Å². The van der Waals surface area contributed by atoms with Crippen molar-refractivity contribution in [2.75, 3.05) is 10.7 Å². The van der Waals surface area contributed by atoms with E-state index in [1.165, 1.54) is 54.5 Å². The van der Waals surface area contributed by atoms with Crippen LogP contribution in [-0.2, 0) is 9.59 Å². The predicted molar refractivity (Wildman–Crippen MR) is 126 cm³/mol. The minimum atomic E-state index is -0.378. The Morgan fingerprint density at radius 2 is 1.75 bits per heavy atom. The van der Waals surface area contributed by atoms with Gasteiger partial charge in [-0.15, -0.1) is 0 Å². The van der Waals surface area contributed by atoms with Gasteiger partial charge in [-0.1, -0.05) is 42.1 Å². The lowest BCUT2D eigenvalue weighted by Crippen LogP contribution is -2.39. The molecule has 2 aromatic rings. The summed E-state index contributed by atoms with van der Waals surface area (Å²) in [5, 5.41) is 3.63. The summed E-state index contributed by atoms with van der Waals surface area (Å²) < 4.78 is 13.4. The lowest BCUT2D eigenvalue weighted by atomic mass is 10.1. The average Bonchev–Trinajstić information content (AvgIpc) is 3.72. The Morgan fingerprint density at radius 1 is 1.09 bits per heavy atom. The maximum absolute atomic E-state index is 13.4. The molecule has 0 saturated heterocycles. The number of rotatable bonds is 7. The van der Waals surface area contributed by atoms with Crippen LogP contribution in [0.2, 0.25) is 0 Å². The average molecular weight is 450 g/mol. The van der Waals surface area contributed by atoms with E-state index in [1.807, 2.05) is 30.3 Å². The van der Waals surface area contributed by atoms with E-state index in [1.54, 1.807) is 18.2 Å². The minimum absolute atomic E-state index is 0.0338. The summed E-state index contributed by atoms with van der Waals surface area (Å²) >= 11 is 1.23. The van der Waals surface area contributed by atoms with Gasteiger partial charge < -0.3 is 5.32 Å². The van der Waals surface area contributed by atoms with E-state index in [-0.39, 0.29) is 35.1 Å². The van der Waals surface area contributed by atoms with E-state index in [0.717, 1.165) is 5.56 Å². The molecule has 164 valence electrons.